The van der Waals surface area contributed by atoms with E-state index in [1.165, 1.54) is 0 Å². The highest BCUT2D eigenvalue weighted by Crippen LogP contribution is 2.16. The fraction of sp³-hybridized carbons (Fsp3) is 0.909. The Kier molecular flexibility index (Phi) is 5.05. The summed E-state index contributed by atoms with van der Waals surface area (Å²) in [6.07, 6.45) is 1.64. The van der Waals surface area contributed by atoms with Crippen molar-refractivity contribution in [2.45, 2.75) is 32.8 Å². The summed E-state index contributed by atoms with van der Waals surface area (Å²) in [5, 5.41) is 0. The van der Waals surface area contributed by atoms with Crippen LogP contribution >= 0.6 is 0 Å². The van der Waals surface area contributed by atoms with E-state index in [0.717, 1.165) is 12.8 Å². The van der Waals surface area contributed by atoms with Crippen LogP contribution in [-0.2, 0) is 14.3 Å². The van der Waals surface area contributed by atoms with Crippen LogP contribution in [0.3, 0.4) is 0 Å². The first-order valence-electron chi connectivity index (χ1n) is 5.63. The van der Waals surface area contributed by atoms with Crippen LogP contribution in [0.15, 0.2) is 0 Å². The van der Waals surface area contributed by atoms with Crippen molar-refractivity contribution in [2.24, 2.45) is 17.6 Å². The van der Waals surface area contributed by atoms with Gasteiger partial charge in [0, 0.05) is 19.4 Å². The molecule has 1 fully saturated rings. The van der Waals surface area contributed by atoms with Crippen LogP contribution in [-0.4, -0.2) is 31.8 Å². The van der Waals surface area contributed by atoms with E-state index in [-0.39, 0.29) is 23.9 Å². The molecule has 0 radical (unpaired) electrons. The van der Waals surface area contributed by atoms with Crippen LogP contribution in [0.2, 0.25) is 0 Å². The van der Waals surface area contributed by atoms with Gasteiger partial charge in [0.05, 0.1) is 19.1 Å². The molecule has 0 amide bonds. The molecule has 0 saturated carbocycles. The number of rotatable bonds is 4. The Morgan fingerprint density at radius 2 is 2.07 bits per heavy atom. The van der Waals surface area contributed by atoms with Crippen LogP contribution in [0.1, 0.15) is 26.7 Å². The van der Waals surface area contributed by atoms with E-state index in [9.17, 15) is 4.79 Å². The Morgan fingerprint density at radius 3 is 2.53 bits per heavy atom. The van der Waals surface area contributed by atoms with Crippen LogP contribution in [0, 0.1) is 11.8 Å². The van der Waals surface area contributed by atoms with Crippen LogP contribution < -0.4 is 5.73 Å². The van der Waals surface area contributed by atoms with Gasteiger partial charge in [0.25, 0.3) is 0 Å². The first kappa shape index (κ1) is 12.5. The van der Waals surface area contributed by atoms with E-state index >= 15 is 0 Å². The van der Waals surface area contributed by atoms with E-state index in [1.807, 2.05) is 13.8 Å². The number of nitrogens with two attached hydrogens (primary N) is 1. The molecule has 0 spiro atoms. The van der Waals surface area contributed by atoms with Crippen LogP contribution in [0.25, 0.3) is 0 Å². The molecule has 1 aliphatic heterocycles. The zero-order valence-electron chi connectivity index (χ0n) is 9.57. The van der Waals surface area contributed by atoms with E-state index in [0.29, 0.717) is 19.8 Å². The average Bonchev–Trinajstić information content (AvgIpc) is 2.19. The number of carbonyl (C=O) groups excluding carboxylic acids is 1. The Morgan fingerprint density at radius 1 is 1.47 bits per heavy atom. The van der Waals surface area contributed by atoms with Crippen molar-refractivity contribution in [1.82, 2.24) is 0 Å². The van der Waals surface area contributed by atoms with Crippen LogP contribution in [0.4, 0.5) is 0 Å². The standard InChI is InChI=1S/C11H21NO3/c1-8(2)10(7-12)11(13)15-9-3-5-14-6-4-9/h8-10H,3-7,12H2,1-2H3. The maximum Gasteiger partial charge on any atom is 0.310 e. The molecular weight excluding hydrogens is 194 g/mol. The van der Waals surface area contributed by atoms with Gasteiger partial charge in [-0.3, -0.25) is 4.79 Å². The van der Waals surface area contributed by atoms with E-state index in [2.05, 4.69) is 0 Å². The molecule has 15 heavy (non-hydrogen) atoms. The quantitative estimate of drug-likeness (QED) is 0.709. The molecule has 0 aromatic carbocycles. The summed E-state index contributed by atoms with van der Waals surface area (Å²) in [7, 11) is 0. The minimum Gasteiger partial charge on any atom is -0.462 e. The van der Waals surface area contributed by atoms with Gasteiger partial charge in [-0.05, 0) is 5.92 Å². The minimum absolute atomic E-state index is 0.0269. The molecule has 1 heterocycles. The molecule has 0 bridgehead atoms. The van der Waals surface area contributed by atoms with Gasteiger partial charge in [-0.25, -0.2) is 0 Å². The van der Waals surface area contributed by atoms with Gasteiger partial charge in [-0.15, -0.1) is 0 Å². The lowest BCUT2D eigenvalue weighted by Gasteiger charge is -2.25. The third kappa shape index (κ3) is 3.80. The maximum absolute atomic E-state index is 11.7. The van der Waals surface area contributed by atoms with Crippen molar-refractivity contribution in [2.75, 3.05) is 19.8 Å². The zero-order chi connectivity index (χ0) is 11.3. The lowest BCUT2D eigenvalue weighted by Crippen LogP contribution is -2.34. The Bertz CT molecular complexity index is 200. The molecule has 4 heteroatoms. The molecule has 4 nitrogen and oxygen atoms in total. The number of hydrogen-bond acceptors (Lipinski definition) is 4. The summed E-state index contributed by atoms with van der Waals surface area (Å²) in [6, 6.07) is 0. The molecule has 1 aliphatic rings. The van der Waals surface area contributed by atoms with Crippen molar-refractivity contribution < 1.29 is 14.3 Å². The fourth-order valence-electron chi connectivity index (χ4n) is 1.69. The largest absolute Gasteiger partial charge is 0.462 e. The number of hydrogen-bond donors (Lipinski definition) is 1. The summed E-state index contributed by atoms with van der Waals surface area (Å²) < 4.78 is 10.6. The summed E-state index contributed by atoms with van der Waals surface area (Å²) in [4.78, 5) is 11.7. The summed E-state index contributed by atoms with van der Waals surface area (Å²) in [5.41, 5.74) is 5.55. The summed E-state index contributed by atoms with van der Waals surface area (Å²) >= 11 is 0. The molecule has 1 saturated heterocycles. The molecular formula is C11H21NO3. The smallest absolute Gasteiger partial charge is 0.310 e. The van der Waals surface area contributed by atoms with Gasteiger partial charge in [0.15, 0.2) is 0 Å². The monoisotopic (exact) mass is 215 g/mol. The molecule has 0 aromatic heterocycles. The van der Waals surface area contributed by atoms with Crippen molar-refractivity contribution in [3.63, 3.8) is 0 Å². The molecule has 0 aliphatic carbocycles. The molecule has 0 aromatic rings. The summed E-state index contributed by atoms with van der Waals surface area (Å²) in [5.74, 6) is -0.0883. The van der Waals surface area contributed by atoms with Gasteiger partial charge in [-0.1, -0.05) is 13.8 Å². The molecule has 1 atom stereocenters. The van der Waals surface area contributed by atoms with Gasteiger partial charge >= 0.3 is 5.97 Å². The molecule has 1 unspecified atom stereocenters. The second kappa shape index (κ2) is 6.08. The Labute approximate surface area is 91.1 Å². The third-order valence-corrected chi connectivity index (χ3v) is 2.81. The normalized spacial score (nSPS) is 20.3. The molecule has 1 rings (SSSR count). The Hall–Kier alpha value is -0.610. The lowest BCUT2D eigenvalue weighted by molar-refractivity contribution is -0.159. The van der Waals surface area contributed by atoms with Gasteiger partial charge in [-0.2, -0.15) is 0 Å². The van der Waals surface area contributed by atoms with Crippen molar-refractivity contribution in [3.8, 4) is 0 Å². The highest BCUT2D eigenvalue weighted by atomic mass is 16.6. The highest BCUT2D eigenvalue weighted by molar-refractivity contribution is 5.73. The molecule has 2 N–H and O–H groups in total. The topological polar surface area (TPSA) is 61.6 Å². The van der Waals surface area contributed by atoms with Crippen molar-refractivity contribution in [1.29, 1.82) is 0 Å². The third-order valence-electron chi connectivity index (χ3n) is 2.81. The van der Waals surface area contributed by atoms with E-state index in [1.54, 1.807) is 0 Å². The first-order chi connectivity index (χ1) is 7.15. The predicted octanol–water partition coefficient (Wildman–Crippen LogP) is 0.939. The van der Waals surface area contributed by atoms with E-state index in [4.69, 9.17) is 15.2 Å². The average molecular weight is 215 g/mol. The lowest BCUT2D eigenvalue weighted by atomic mass is 9.96. The highest BCUT2D eigenvalue weighted by Gasteiger charge is 2.26. The fourth-order valence-corrected chi connectivity index (χ4v) is 1.69. The minimum atomic E-state index is -0.173. The first-order valence-corrected chi connectivity index (χ1v) is 5.63. The zero-order valence-corrected chi connectivity index (χ0v) is 9.57. The van der Waals surface area contributed by atoms with Gasteiger partial charge < -0.3 is 15.2 Å². The van der Waals surface area contributed by atoms with Gasteiger partial charge in [0.1, 0.15) is 6.10 Å². The number of esters is 1. The summed E-state index contributed by atoms with van der Waals surface area (Å²) in [6.45, 7) is 5.71. The Balaban J connectivity index is 2.38. The van der Waals surface area contributed by atoms with Crippen molar-refractivity contribution in [3.05, 3.63) is 0 Å². The van der Waals surface area contributed by atoms with Gasteiger partial charge in [0.2, 0.25) is 0 Å². The second-order valence-corrected chi connectivity index (χ2v) is 4.33. The predicted molar refractivity (Wildman–Crippen MR) is 57.3 cm³/mol. The second-order valence-electron chi connectivity index (χ2n) is 4.33. The number of ether oxygens (including phenoxy) is 2. The SMILES string of the molecule is CC(C)C(CN)C(=O)OC1CCOCC1. The maximum atomic E-state index is 11.7. The van der Waals surface area contributed by atoms with Crippen molar-refractivity contribution >= 4 is 5.97 Å². The molecule has 88 valence electrons. The van der Waals surface area contributed by atoms with Crippen LogP contribution in [0.5, 0.6) is 0 Å². The number of carbonyl (C=O) groups is 1. The van der Waals surface area contributed by atoms with E-state index < -0.39 is 0 Å².